The van der Waals surface area contributed by atoms with Crippen LogP contribution in [0.5, 0.6) is 0 Å². The molecule has 2 aliphatic heterocycles. The lowest BCUT2D eigenvalue weighted by Crippen LogP contribution is -2.60. The summed E-state index contributed by atoms with van der Waals surface area (Å²) in [5.74, 6) is 0. The summed E-state index contributed by atoms with van der Waals surface area (Å²) in [7, 11) is 0. The van der Waals surface area contributed by atoms with Gasteiger partial charge in [-0.1, -0.05) is 175 Å². The van der Waals surface area contributed by atoms with E-state index in [4.69, 9.17) is 0 Å². The maximum atomic E-state index is 2.64. The third-order valence-electron chi connectivity index (χ3n) is 15.3. The summed E-state index contributed by atoms with van der Waals surface area (Å²) < 4.78 is 2.72. The Bertz CT molecular complexity index is 4080. The van der Waals surface area contributed by atoms with Crippen LogP contribution in [0.2, 0.25) is 0 Å². The molecule has 3 heterocycles. The lowest BCUT2D eigenvalue weighted by Gasteiger charge is -2.43. The molecule has 0 fully saturated rings. The zero-order valence-corrected chi connectivity index (χ0v) is 40.1. The van der Waals surface area contributed by atoms with Gasteiger partial charge in [-0.25, -0.2) is 0 Å². The van der Waals surface area contributed by atoms with Gasteiger partial charge in [0.2, 0.25) is 0 Å². The molecule has 0 amide bonds. The normalized spacial score (nSPS) is 13.6. The molecule has 0 radical (unpaired) electrons. The molecule has 2 nitrogen and oxygen atoms in total. The number of hydrogen-bond donors (Lipinski definition) is 0. The zero-order valence-electron chi connectivity index (χ0n) is 39.3. The average molecular weight is 889 g/mol. The largest absolute Gasteiger partial charge is 0.311 e. The van der Waals surface area contributed by atoms with Crippen molar-refractivity contribution in [3.8, 4) is 0 Å². The van der Waals surface area contributed by atoms with Gasteiger partial charge < -0.3 is 9.80 Å². The van der Waals surface area contributed by atoms with Gasteiger partial charge in [-0.2, -0.15) is 0 Å². The molecule has 12 aromatic rings. The first kappa shape index (κ1) is 39.7. The van der Waals surface area contributed by atoms with Crippen molar-refractivity contribution in [1.29, 1.82) is 0 Å². The molecular weight excluding hydrogens is 840 g/mol. The standard InChI is InChI=1S/C64H49BN2S/c1-63(2,3)38-27-33-59-54(34-38)61-62(68-59)65-55-35-39(64(4,5)6)26-32-56(55)66(40-28-30-50-46-20-9-7-16-42(46)44-18-11-13-22-48(44)52(50)36-40)57-24-15-25-58(60(57)65)67(61)41-29-31-51-47-21-10-8-17-43(47)45-19-12-14-23-49(45)53(51)37-41/h7-37H,1-6H3. The summed E-state index contributed by atoms with van der Waals surface area (Å²) >= 11 is 1.98. The molecule has 4 heteroatoms. The summed E-state index contributed by atoms with van der Waals surface area (Å²) in [6, 6.07) is 71.8. The Morgan fingerprint density at radius 3 is 1.28 bits per heavy atom. The molecule has 0 aliphatic carbocycles. The summed E-state index contributed by atoms with van der Waals surface area (Å²) in [4.78, 5) is 5.21. The molecule has 0 saturated carbocycles. The first-order valence-electron chi connectivity index (χ1n) is 24.1. The molecule has 0 saturated heterocycles. The van der Waals surface area contributed by atoms with Crippen LogP contribution in [0, 0.1) is 0 Å². The fourth-order valence-corrected chi connectivity index (χ4v) is 13.3. The molecule has 11 aromatic carbocycles. The SMILES string of the molecule is CC(C)(C)c1ccc2c(c1)B1c3sc4ccc(C(C)(C)C)cc4c3N(c3ccc4c5ccccc5c5ccccc5c4c3)c3cccc(c31)N2c1ccc2c3ccccc3c3ccccc3c2c1. The average Bonchev–Trinajstić information content (AvgIpc) is 3.74. The van der Waals surface area contributed by atoms with Gasteiger partial charge >= 0.3 is 0 Å². The van der Waals surface area contributed by atoms with E-state index in [9.17, 15) is 0 Å². The molecule has 324 valence electrons. The summed E-state index contributed by atoms with van der Waals surface area (Å²) in [6.45, 7) is 14.1. The van der Waals surface area contributed by atoms with Gasteiger partial charge in [0.15, 0.2) is 0 Å². The Hall–Kier alpha value is -7.40. The summed E-state index contributed by atoms with van der Waals surface area (Å²) in [6.07, 6.45) is 0. The van der Waals surface area contributed by atoms with Crippen LogP contribution in [-0.2, 0) is 10.8 Å². The quantitative estimate of drug-likeness (QED) is 0.126. The second-order valence-electron chi connectivity index (χ2n) is 21.3. The van der Waals surface area contributed by atoms with Crippen molar-refractivity contribution in [3.63, 3.8) is 0 Å². The Morgan fingerprint density at radius 2 is 0.779 bits per heavy atom. The minimum absolute atomic E-state index is 0.00643. The van der Waals surface area contributed by atoms with Gasteiger partial charge in [0.25, 0.3) is 6.71 Å². The molecule has 1 aromatic heterocycles. The smallest absolute Gasteiger partial charge is 0.264 e. The lowest BCUT2D eigenvalue weighted by atomic mass is 9.36. The van der Waals surface area contributed by atoms with E-state index >= 15 is 0 Å². The van der Waals surface area contributed by atoms with E-state index in [2.05, 4.69) is 239 Å². The van der Waals surface area contributed by atoms with E-state index in [0.717, 1.165) is 0 Å². The fraction of sp³-hybridized carbons (Fsp3) is 0.125. The monoisotopic (exact) mass is 888 g/mol. The predicted molar refractivity (Wildman–Crippen MR) is 298 cm³/mol. The van der Waals surface area contributed by atoms with Crippen LogP contribution in [0.15, 0.2) is 188 Å². The second kappa shape index (κ2) is 14.1. The summed E-state index contributed by atoms with van der Waals surface area (Å²) in [5, 5.41) is 16.7. The second-order valence-corrected chi connectivity index (χ2v) is 22.3. The Morgan fingerprint density at radius 1 is 0.353 bits per heavy atom. The highest BCUT2D eigenvalue weighted by molar-refractivity contribution is 7.33. The maximum Gasteiger partial charge on any atom is 0.264 e. The lowest BCUT2D eigenvalue weighted by molar-refractivity contribution is 0.590. The third-order valence-corrected chi connectivity index (χ3v) is 16.5. The predicted octanol–water partition coefficient (Wildman–Crippen LogP) is 16.5. The van der Waals surface area contributed by atoms with Crippen LogP contribution in [0.3, 0.4) is 0 Å². The number of benzene rings is 11. The number of hydrogen-bond acceptors (Lipinski definition) is 3. The van der Waals surface area contributed by atoms with Crippen molar-refractivity contribution in [1.82, 2.24) is 0 Å². The molecule has 68 heavy (non-hydrogen) atoms. The third kappa shape index (κ3) is 5.58. The number of rotatable bonds is 2. The highest BCUT2D eigenvalue weighted by atomic mass is 32.1. The van der Waals surface area contributed by atoms with Crippen molar-refractivity contribution < 1.29 is 0 Å². The molecule has 2 aliphatic rings. The minimum Gasteiger partial charge on any atom is -0.311 e. The topological polar surface area (TPSA) is 6.48 Å². The molecule has 0 spiro atoms. The first-order chi connectivity index (χ1) is 33.0. The Kier molecular flexibility index (Phi) is 8.23. The number of anilines is 6. The van der Waals surface area contributed by atoms with Crippen molar-refractivity contribution in [2.45, 2.75) is 52.4 Å². The van der Waals surface area contributed by atoms with Gasteiger partial charge in [-0.05, 0) is 152 Å². The molecule has 0 bridgehead atoms. The van der Waals surface area contributed by atoms with Crippen LogP contribution in [0.4, 0.5) is 34.1 Å². The maximum absolute atomic E-state index is 2.64. The van der Waals surface area contributed by atoms with Crippen molar-refractivity contribution in [3.05, 3.63) is 199 Å². The van der Waals surface area contributed by atoms with Crippen molar-refractivity contribution in [2.24, 2.45) is 0 Å². The van der Waals surface area contributed by atoms with E-state index in [0.29, 0.717) is 0 Å². The van der Waals surface area contributed by atoms with E-state index in [-0.39, 0.29) is 17.5 Å². The zero-order chi connectivity index (χ0) is 45.8. The van der Waals surface area contributed by atoms with Crippen LogP contribution in [0.1, 0.15) is 52.7 Å². The van der Waals surface area contributed by atoms with Crippen LogP contribution < -0.4 is 25.5 Å². The van der Waals surface area contributed by atoms with E-state index in [1.807, 2.05) is 11.3 Å². The summed E-state index contributed by atoms with van der Waals surface area (Å²) in [5.41, 5.74) is 12.7. The van der Waals surface area contributed by atoms with Crippen LogP contribution in [0.25, 0.3) is 74.7 Å². The Balaban J connectivity index is 1.09. The molecule has 0 unspecified atom stereocenters. The van der Waals surface area contributed by atoms with E-state index in [1.165, 1.54) is 136 Å². The number of nitrogens with zero attached hydrogens (tertiary/aromatic N) is 2. The minimum atomic E-state index is -0.0358. The van der Waals surface area contributed by atoms with Crippen LogP contribution in [-0.4, -0.2) is 6.71 Å². The van der Waals surface area contributed by atoms with Gasteiger partial charge in [0.1, 0.15) is 0 Å². The molecule has 0 N–H and O–H groups in total. The molecule has 14 rings (SSSR count). The molecule has 0 atom stereocenters. The van der Waals surface area contributed by atoms with Gasteiger partial charge in [-0.3, -0.25) is 0 Å². The highest BCUT2D eigenvalue weighted by Gasteiger charge is 2.45. The first-order valence-corrected chi connectivity index (χ1v) is 24.9. The van der Waals surface area contributed by atoms with Gasteiger partial charge in [0.05, 0.1) is 5.69 Å². The fourth-order valence-electron chi connectivity index (χ4n) is 12.0. The molecular formula is C64H49BN2S. The number of fused-ring (bicyclic) bond motifs is 18. The van der Waals surface area contributed by atoms with Crippen molar-refractivity contribution >= 4 is 143 Å². The van der Waals surface area contributed by atoms with E-state index < -0.39 is 0 Å². The van der Waals surface area contributed by atoms with Crippen LogP contribution >= 0.6 is 11.3 Å². The van der Waals surface area contributed by atoms with Gasteiger partial charge in [0, 0.05) is 43.3 Å². The van der Waals surface area contributed by atoms with Gasteiger partial charge in [-0.15, -0.1) is 11.3 Å². The number of thiophene rings is 1. The Labute approximate surface area is 401 Å². The highest BCUT2D eigenvalue weighted by Crippen LogP contribution is 2.50. The van der Waals surface area contributed by atoms with Crippen molar-refractivity contribution in [2.75, 3.05) is 9.80 Å². The van der Waals surface area contributed by atoms with E-state index in [1.54, 1.807) is 0 Å².